The molecule has 0 saturated heterocycles. The molecule has 1 N–H and O–H groups in total. The molecule has 4 aromatic heterocycles. The Morgan fingerprint density at radius 3 is 2.89 bits per heavy atom. The van der Waals surface area contributed by atoms with Crippen molar-refractivity contribution in [1.29, 1.82) is 0 Å². The summed E-state index contributed by atoms with van der Waals surface area (Å²) in [4.78, 5) is 21.4. The summed E-state index contributed by atoms with van der Waals surface area (Å²) in [6.45, 7) is 4.09. The van der Waals surface area contributed by atoms with Crippen molar-refractivity contribution in [2.45, 2.75) is 19.9 Å². The Kier molecular flexibility index (Phi) is 4.15. The SMILES string of the molecule is CC(C)n1cnnc1-c1cccc(NC(=O)c2cc3c(ccn3C)cn2)n1. The van der Waals surface area contributed by atoms with Crippen molar-refractivity contribution in [3.05, 3.63) is 54.7 Å². The van der Waals surface area contributed by atoms with Crippen molar-refractivity contribution in [2.24, 2.45) is 7.05 Å². The minimum atomic E-state index is -0.312. The van der Waals surface area contributed by atoms with Crippen LogP contribution in [-0.2, 0) is 7.05 Å². The Morgan fingerprint density at radius 2 is 2.07 bits per heavy atom. The van der Waals surface area contributed by atoms with Crippen LogP contribution in [-0.4, -0.2) is 35.2 Å². The van der Waals surface area contributed by atoms with Crippen LogP contribution in [0.15, 0.2) is 49.1 Å². The zero-order chi connectivity index (χ0) is 19.0. The van der Waals surface area contributed by atoms with E-state index >= 15 is 0 Å². The van der Waals surface area contributed by atoms with E-state index in [4.69, 9.17) is 0 Å². The van der Waals surface area contributed by atoms with E-state index in [1.54, 1.807) is 24.7 Å². The second-order valence-corrected chi connectivity index (χ2v) is 6.57. The first-order chi connectivity index (χ1) is 13.0. The highest BCUT2D eigenvalue weighted by Gasteiger charge is 2.14. The van der Waals surface area contributed by atoms with Crippen LogP contribution in [0.2, 0.25) is 0 Å². The smallest absolute Gasteiger partial charge is 0.275 e. The number of amides is 1. The lowest BCUT2D eigenvalue weighted by atomic mass is 10.2. The Bertz CT molecular complexity index is 1130. The van der Waals surface area contributed by atoms with Gasteiger partial charge in [0.2, 0.25) is 0 Å². The van der Waals surface area contributed by atoms with Gasteiger partial charge in [-0.25, -0.2) is 4.98 Å². The maximum atomic E-state index is 12.6. The maximum Gasteiger partial charge on any atom is 0.275 e. The quantitative estimate of drug-likeness (QED) is 0.603. The molecule has 0 bridgehead atoms. The maximum absolute atomic E-state index is 12.6. The second-order valence-electron chi connectivity index (χ2n) is 6.57. The molecule has 27 heavy (non-hydrogen) atoms. The Balaban J connectivity index is 1.61. The van der Waals surface area contributed by atoms with Crippen LogP contribution in [0.4, 0.5) is 5.82 Å². The number of nitrogens with one attached hydrogen (secondary N) is 1. The number of carbonyl (C=O) groups excluding carboxylic acids is 1. The molecule has 0 unspecified atom stereocenters. The number of rotatable bonds is 4. The van der Waals surface area contributed by atoms with E-state index in [0.717, 1.165) is 10.9 Å². The number of hydrogen-bond donors (Lipinski definition) is 1. The summed E-state index contributed by atoms with van der Waals surface area (Å²) in [6.07, 6.45) is 5.30. The lowest BCUT2D eigenvalue weighted by Gasteiger charge is -2.10. The number of pyridine rings is 2. The normalized spacial score (nSPS) is 11.3. The van der Waals surface area contributed by atoms with Crippen molar-refractivity contribution in [2.75, 3.05) is 5.32 Å². The van der Waals surface area contributed by atoms with Crippen molar-refractivity contribution >= 4 is 22.6 Å². The van der Waals surface area contributed by atoms with Gasteiger partial charge in [0.05, 0.1) is 5.52 Å². The molecule has 0 aromatic carbocycles. The molecule has 136 valence electrons. The molecular formula is C19H19N7O. The zero-order valence-corrected chi connectivity index (χ0v) is 15.3. The molecule has 4 heterocycles. The number of fused-ring (bicyclic) bond motifs is 1. The molecule has 0 saturated carbocycles. The van der Waals surface area contributed by atoms with Gasteiger partial charge in [-0.1, -0.05) is 6.07 Å². The predicted molar refractivity (Wildman–Crippen MR) is 102 cm³/mol. The fraction of sp³-hybridized carbons (Fsp3) is 0.211. The van der Waals surface area contributed by atoms with Gasteiger partial charge in [0.15, 0.2) is 5.82 Å². The summed E-state index contributed by atoms with van der Waals surface area (Å²) in [5.74, 6) is 0.780. The molecule has 0 aliphatic rings. The average molecular weight is 361 g/mol. The number of carbonyl (C=O) groups is 1. The summed E-state index contributed by atoms with van der Waals surface area (Å²) < 4.78 is 3.88. The fourth-order valence-electron chi connectivity index (χ4n) is 2.90. The lowest BCUT2D eigenvalue weighted by Crippen LogP contribution is -2.15. The van der Waals surface area contributed by atoms with E-state index in [1.807, 2.05) is 54.4 Å². The van der Waals surface area contributed by atoms with E-state index in [9.17, 15) is 4.79 Å². The molecule has 1 amide bonds. The highest BCUT2D eigenvalue weighted by atomic mass is 16.1. The van der Waals surface area contributed by atoms with Gasteiger partial charge in [-0.2, -0.15) is 0 Å². The highest BCUT2D eigenvalue weighted by molar-refractivity contribution is 6.04. The molecule has 8 heteroatoms. The van der Waals surface area contributed by atoms with Gasteiger partial charge < -0.3 is 14.5 Å². The molecule has 0 aliphatic heterocycles. The highest BCUT2D eigenvalue weighted by Crippen LogP contribution is 2.20. The van der Waals surface area contributed by atoms with Gasteiger partial charge >= 0.3 is 0 Å². The third kappa shape index (κ3) is 3.17. The first-order valence-electron chi connectivity index (χ1n) is 8.62. The minimum absolute atomic E-state index is 0.205. The van der Waals surface area contributed by atoms with Gasteiger partial charge in [0.1, 0.15) is 23.5 Å². The zero-order valence-electron chi connectivity index (χ0n) is 15.3. The van der Waals surface area contributed by atoms with E-state index in [-0.39, 0.29) is 11.9 Å². The number of hydrogen-bond acceptors (Lipinski definition) is 5. The lowest BCUT2D eigenvalue weighted by molar-refractivity contribution is 0.102. The van der Waals surface area contributed by atoms with Crippen molar-refractivity contribution in [3.8, 4) is 11.5 Å². The Morgan fingerprint density at radius 1 is 1.22 bits per heavy atom. The van der Waals surface area contributed by atoms with Crippen LogP contribution in [0.5, 0.6) is 0 Å². The number of aryl methyl sites for hydroxylation is 1. The molecule has 0 radical (unpaired) electrons. The third-order valence-corrected chi connectivity index (χ3v) is 4.35. The molecular weight excluding hydrogens is 342 g/mol. The monoisotopic (exact) mass is 361 g/mol. The Hall–Kier alpha value is -3.55. The van der Waals surface area contributed by atoms with Gasteiger partial charge in [-0.3, -0.25) is 9.78 Å². The minimum Gasteiger partial charge on any atom is -0.350 e. The molecule has 0 spiro atoms. The van der Waals surface area contributed by atoms with Crippen molar-refractivity contribution in [1.82, 2.24) is 29.3 Å². The van der Waals surface area contributed by atoms with E-state index < -0.39 is 0 Å². The standard InChI is InChI=1S/C19H19N7O/c1-12(2)26-11-21-24-18(26)14-5-4-6-17(22-14)23-19(27)15-9-16-13(10-20-15)7-8-25(16)3/h4-12H,1-3H3,(H,22,23,27). The van der Waals surface area contributed by atoms with Crippen LogP contribution in [0.3, 0.4) is 0 Å². The predicted octanol–water partition coefficient (Wildman–Crippen LogP) is 3.06. The van der Waals surface area contributed by atoms with Crippen LogP contribution in [0.1, 0.15) is 30.4 Å². The average Bonchev–Trinajstić information content (AvgIpc) is 3.29. The number of aromatic nitrogens is 6. The molecule has 4 aromatic rings. The van der Waals surface area contributed by atoms with Gasteiger partial charge in [0.25, 0.3) is 5.91 Å². The van der Waals surface area contributed by atoms with Crippen LogP contribution in [0, 0.1) is 0 Å². The molecule has 0 aliphatic carbocycles. The van der Waals surface area contributed by atoms with Crippen molar-refractivity contribution < 1.29 is 4.79 Å². The summed E-state index contributed by atoms with van der Waals surface area (Å²) in [5, 5.41) is 11.9. The summed E-state index contributed by atoms with van der Waals surface area (Å²) in [7, 11) is 1.93. The third-order valence-electron chi connectivity index (χ3n) is 4.35. The van der Waals surface area contributed by atoms with E-state index in [2.05, 4.69) is 25.5 Å². The topological polar surface area (TPSA) is 90.5 Å². The van der Waals surface area contributed by atoms with Crippen LogP contribution >= 0.6 is 0 Å². The summed E-state index contributed by atoms with van der Waals surface area (Å²) in [5.41, 5.74) is 1.92. The fourth-order valence-corrected chi connectivity index (χ4v) is 2.90. The van der Waals surface area contributed by atoms with Gasteiger partial charge in [-0.05, 0) is 38.1 Å². The van der Waals surface area contributed by atoms with E-state index in [0.29, 0.717) is 23.0 Å². The Labute approximate surface area is 155 Å². The first kappa shape index (κ1) is 16.9. The first-order valence-corrected chi connectivity index (χ1v) is 8.62. The summed E-state index contributed by atoms with van der Waals surface area (Å²) >= 11 is 0. The summed E-state index contributed by atoms with van der Waals surface area (Å²) in [6, 6.07) is 9.33. The second kappa shape index (κ2) is 6.64. The van der Waals surface area contributed by atoms with Gasteiger partial charge in [0, 0.05) is 30.9 Å². The van der Waals surface area contributed by atoms with E-state index in [1.165, 1.54) is 0 Å². The van der Waals surface area contributed by atoms with Gasteiger partial charge in [-0.15, -0.1) is 10.2 Å². The van der Waals surface area contributed by atoms with Crippen LogP contribution in [0.25, 0.3) is 22.4 Å². The molecule has 8 nitrogen and oxygen atoms in total. The number of anilines is 1. The van der Waals surface area contributed by atoms with Crippen LogP contribution < -0.4 is 5.32 Å². The largest absolute Gasteiger partial charge is 0.350 e. The molecule has 0 atom stereocenters. The number of nitrogens with zero attached hydrogens (tertiary/aromatic N) is 6. The molecule has 4 rings (SSSR count). The molecule has 0 fully saturated rings. The van der Waals surface area contributed by atoms with Crippen molar-refractivity contribution in [3.63, 3.8) is 0 Å².